The monoisotopic (exact) mass is 225 g/mol. The van der Waals surface area contributed by atoms with Crippen LogP contribution >= 0.6 is 0 Å². The largest absolute Gasteiger partial charge is 0.354 e. The second-order valence-corrected chi connectivity index (χ2v) is 4.68. The molecule has 2 fully saturated rings. The maximum absolute atomic E-state index is 11.7. The third kappa shape index (κ3) is 2.95. The van der Waals surface area contributed by atoms with Gasteiger partial charge >= 0.3 is 0 Å². The number of rotatable bonds is 4. The highest BCUT2D eigenvalue weighted by Gasteiger charge is 2.27. The van der Waals surface area contributed by atoms with Gasteiger partial charge in [-0.25, -0.2) is 0 Å². The van der Waals surface area contributed by atoms with Crippen LogP contribution in [0.5, 0.6) is 0 Å². The van der Waals surface area contributed by atoms with Crippen LogP contribution in [0, 0.1) is 5.92 Å². The molecule has 16 heavy (non-hydrogen) atoms. The molecule has 0 aromatic rings. The van der Waals surface area contributed by atoms with Crippen LogP contribution in [0.4, 0.5) is 0 Å². The van der Waals surface area contributed by atoms with Crippen molar-refractivity contribution in [2.75, 3.05) is 26.2 Å². The van der Waals surface area contributed by atoms with Gasteiger partial charge in [0, 0.05) is 19.6 Å². The van der Waals surface area contributed by atoms with E-state index in [0.29, 0.717) is 12.5 Å². The molecular weight excluding hydrogens is 206 g/mol. The standard InChI is InChI=1S/C11H19N3O2/c1-8-11(16)14(5-4-12-8)7-10(15)13-6-9-2-3-9/h8-9,12H,2-7H2,1H3,(H,13,15). The van der Waals surface area contributed by atoms with Gasteiger partial charge in [-0.3, -0.25) is 9.59 Å². The Morgan fingerprint density at radius 3 is 3.00 bits per heavy atom. The van der Waals surface area contributed by atoms with Gasteiger partial charge in [0.05, 0.1) is 12.6 Å². The Morgan fingerprint density at radius 1 is 1.56 bits per heavy atom. The van der Waals surface area contributed by atoms with Crippen LogP contribution in [0.25, 0.3) is 0 Å². The first kappa shape index (κ1) is 11.4. The SMILES string of the molecule is CC1NCCN(CC(=O)NCC2CC2)C1=O. The maximum Gasteiger partial charge on any atom is 0.239 e. The summed E-state index contributed by atoms with van der Waals surface area (Å²) in [5, 5.41) is 5.95. The van der Waals surface area contributed by atoms with E-state index in [1.807, 2.05) is 6.92 Å². The molecule has 2 N–H and O–H groups in total. The van der Waals surface area contributed by atoms with E-state index in [1.165, 1.54) is 12.8 Å². The van der Waals surface area contributed by atoms with Crippen molar-refractivity contribution >= 4 is 11.8 Å². The number of nitrogens with one attached hydrogen (secondary N) is 2. The number of carbonyl (C=O) groups excluding carboxylic acids is 2. The normalized spacial score (nSPS) is 25.7. The first-order chi connectivity index (χ1) is 7.66. The second kappa shape index (κ2) is 4.82. The fraction of sp³-hybridized carbons (Fsp3) is 0.818. The molecule has 1 saturated carbocycles. The van der Waals surface area contributed by atoms with Crippen molar-refractivity contribution in [2.24, 2.45) is 5.92 Å². The fourth-order valence-electron chi connectivity index (χ4n) is 1.85. The van der Waals surface area contributed by atoms with Gasteiger partial charge in [0.1, 0.15) is 0 Å². The molecule has 5 nitrogen and oxygen atoms in total. The molecule has 2 rings (SSSR count). The molecule has 1 atom stereocenters. The molecule has 2 aliphatic rings. The zero-order valence-electron chi connectivity index (χ0n) is 9.66. The summed E-state index contributed by atoms with van der Waals surface area (Å²) in [7, 11) is 0. The predicted octanol–water partition coefficient (Wildman–Crippen LogP) is -0.667. The molecule has 1 aliphatic carbocycles. The molecule has 1 aliphatic heterocycles. The third-order valence-electron chi connectivity index (χ3n) is 3.13. The molecular formula is C11H19N3O2. The highest BCUT2D eigenvalue weighted by Crippen LogP contribution is 2.27. The lowest BCUT2D eigenvalue weighted by atomic mass is 10.2. The van der Waals surface area contributed by atoms with Crippen LogP contribution in [0.2, 0.25) is 0 Å². The molecule has 0 aromatic carbocycles. The topological polar surface area (TPSA) is 61.4 Å². The minimum atomic E-state index is -0.162. The Balaban J connectivity index is 1.73. The van der Waals surface area contributed by atoms with E-state index in [9.17, 15) is 9.59 Å². The van der Waals surface area contributed by atoms with E-state index < -0.39 is 0 Å². The molecule has 90 valence electrons. The van der Waals surface area contributed by atoms with Gasteiger partial charge in [-0.2, -0.15) is 0 Å². The van der Waals surface area contributed by atoms with Crippen molar-refractivity contribution in [1.82, 2.24) is 15.5 Å². The van der Waals surface area contributed by atoms with Gasteiger partial charge in [-0.05, 0) is 25.7 Å². The average Bonchev–Trinajstić information content (AvgIpc) is 3.06. The average molecular weight is 225 g/mol. The predicted molar refractivity (Wildman–Crippen MR) is 59.8 cm³/mol. The van der Waals surface area contributed by atoms with E-state index >= 15 is 0 Å². The number of amides is 2. The van der Waals surface area contributed by atoms with Gasteiger partial charge in [0.2, 0.25) is 11.8 Å². The second-order valence-electron chi connectivity index (χ2n) is 4.68. The number of nitrogens with zero attached hydrogens (tertiary/aromatic N) is 1. The van der Waals surface area contributed by atoms with Crippen LogP contribution in [0.1, 0.15) is 19.8 Å². The zero-order valence-corrected chi connectivity index (χ0v) is 9.66. The lowest BCUT2D eigenvalue weighted by Crippen LogP contribution is -2.55. The summed E-state index contributed by atoms with van der Waals surface area (Å²) in [5.41, 5.74) is 0. The molecule has 0 bridgehead atoms. The fourth-order valence-corrected chi connectivity index (χ4v) is 1.85. The number of hydrogen-bond acceptors (Lipinski definition) is 3. The zero-order chi connectivity index (χ0) is 11.5. The summed E-state index contributed by atoms with van der Waals surface area (Å²) >= 11 is 0. The van der Waals surface area contributed by atoms with E-state index in [4.69, 9.17) is 0 Å². The Hall–Kier alpha value is -1.10. The molecule has 1 unspecified atom stereocenters. The number of piperazine rings is 1. The van der Waals surface area contributed by atoms with Crippen LogP contribution < -0.4 is 10.6 Å². The quantitative estimate of drug-likeness (QED) is 0.667. The van der Waals surface area contributed by atoms with Crippen molar-refractivity contribution in [3.63, 3.8) is 0 Å². The molecule has 2 amide bonds. The van der Waals surface area contributed by atoms with E-state index in [1.54, 1.807) is 4.90 Å². The highest BCUT2D eigenvalue weighted by atomic mass is 16.2. The van der Waals surface area contributed by atoms with Crippen molar-refractivity contribution in [1.29, 1.82) is 0 Å². The van der Waals surface area contributed by atoms with Crippen molar-refractivity contribution in [3.8, 4) is 0 Å². The molecule has 0 aromatic heterocycles. The van der Waals surface area contributed by atoms with Crippen molar-refractivity contribution in [2.45, 2.75) is 25.8 Å². The van der Waals surface area contributed by atoms with Crippen LogP contribution in [-0.2, 0) is 9.59 Å². The molecule has 1 heterocycles. The smallest absolute Gasteiger partial charge is 0.239 e. The lowest BCUT2D eigenvalue weighted by molar-refractivity contribution is -0.139. The summed E-state index contributed by atoms with van der Waals surface area (Å²) in [6, 6.07) is -0.162. The maximum atomic E-state index is 11.7. The summed E-state index contributed by atoms with van der Waals surface area (Å²) in [6.45, 7) is 4.20. The van der Waals surface area contributed by atoms with Crippen LogP contribution in [0.15, 0.2) is 0 Å². The summed E-state index contributed by atoms with van der Waals surface area (Å²) in [4.78, 5) is 24.9. The Labute approximate surface area is 95.6 Å². The summed E-state index contributed by atoms with van der Waals surface area (Å²) < 4.78 is 0. The molecule has 0 radical (unpaired) electrons. The van der Waals surface area contributed by atoms with Gasteiger partial charge in [-0.1, -0.05) is 0 Å². The first-order valence-electron chi connectivity index (χ1n) is 5.95. The van der Waals surface area contributed by atoms with E-state index in [2.05, 4.69) is 10.6 Å². The minimum Gasteiger partial charge on any atom is -0.354 e. The van der Waals surface area contributed by atoms with Crippen LogP contribution in [-0.4, -0.2) is 48.9 Å². The van der Waals surface area contributed by atoms with Crippen LogP contribution in [0.3, 0.4) is 0 Å². The highest BCUT2D eigenvalue weighted by molar-refractivity contribution is 5.87. The number of carbonyl (C=O) groups is 2. The van der Waals surface area contributed by atoms with E-state index in [-0.39, 0.29) is 24.4 Å². The van der Waals surface area contributed by atoms with Crippen molar-refractivity contribution < 1.29 is 9.59 Å². The van der Waals surface area contributed by atoms with Gasteiger partial charge in [0.25, 0.3) is 0 Å². The lowest BCUT2D eigenvalue weighted by Gasteiger charge is -2.30. The third-order valence-corrected chi connectivity index (χ3v) is 3.13. The molecule has 1 saturated heterocycles. The Kier molecular flexibility index (Phi) is 3.43. The summed E-state index contributed by atoms with van der Waals surface area (Å²) in [6.07, 6.45) is 2.45. The van der Waals surface area contributed by atoms with Crippen molar-refractivity contribution in [3.05, 3.63) is 0 Å². The van der Waals surface area contributed by atoms with Gasteiger partial charge in [0.15, 0.2) is 0 Å². The minimum absolute atomic E-state index is 0.0211. The Morgan fingerprint density at radius 2 is 2.31 bits per heavy atom. The first-order valence-corrected chi connectivity index (χ1v) is 5.95. The molecule has 5 heteroatoms. The Bertz CT molecular complexity index is 289. The van der Waals surface area contributed by atoms with Gasteiger partial charge < -0.3 is 15.5 Å². The summed E-state index contributed by atoms with van der Waals surface area (Å²) in [5.74, 6) is 0.670. The molecule has 0 spiro atoms. The van der Waals surface area contributed by atoms with Gasteiger partial charge in [-0.15, -0.1) is 0 Å². The van der Waals surface area contributed by atoms with E-state index in [0.717, 1.165) is 13.1 Å². The number of hydrogen-bond donors (Lipinski definition) is 2.